The summed E-state index contributed by atoms with van der Waals surface area (Å²) in [5.41, 5.74) is 5.05. The number of hydrogen-bond acceptors (Lipinski definition) is 5. The average Bonchev–Trinajstić information content (AvgIpc) is 2.81. The van der Waals surface area contributed by atoms with Gasteiger partial charge in [0.1, 0.15) is 12.4 Å². The van der Waals surface area contributed by atoms with E-state index in [1.54, 1.807) is 24.4 Å². The molecule has 2 rings (SSSR count). The number of carbonyl (C=O) groups excluding carboxylic acids is 1. The van der Waals surface area contributed by atoms with Crippen LogP contribution < -0.4 is 10.9 Å². The van der Waals surface area contributed by atoms with Gasteiger partial charge >= 0.3 is 5.91 Å². The van der Waals surface area contributed by atoms with E-state index in [0.29, 0.717) is 5.82 Å². The molecule has 0 radical (unpaired) electrons. The van der Waals surface area contributed by atoms with E-state index in [-0.39, 0.29) is 12.4 Å². The van der Waals surface area contributed by atoms with Crippen molar-refractivity contribution >= 4 is 11.7 Å². The number of hydrogen-bond donors (Lipinski definition) is 2. The van der Waals surface area contributed by atoms with Crippen LogP contribution >= 0.6 is 0 Å². The summed E-state index contributed by atoms with van der Waals surface area (Å²) in [6.07, 6.45) is 3.15. The van der Waals surface area contributed by atoms with Gasteiger partial charge in [-0.15, -0.1) is 0 Å². The van der Waals surface area contributed by atoms with E-state index in [0.717, 1.165) is 0 Å². The Hall–Kier alpha value is -2.08. The molecule has 6 heteroatoms. The molecule has 0 unspecified atom stereocenters. The van der Waals surface area contributed by atoms with Gasteiger partial charge in [0, 0.05) is 6.20 Å². The van der Waals surface area contributed by atoms with Crippen molar-refractivity contribution in [3.63, 3.8) is 0 Å². The number of aromatic nitrogens is 1. The number of amides is 1. The number of pyridine rings is 1. The predicted molar refractivity (Wildman–Crippen MR) is 51.1 cm³/mol. The van der Waals surface area contributed by atoms with Gasteiger partial charge in [-0.25, -0.2) is 4.98 Å². The van der Waals surface area contributed by atoms with Crippen LogP contribution in [0.2, 0.25) is 0 Å². The summed E-state index contributed by atoms with van der Waals surface area (Å²) in [4.78, 5) is 24.4. The van der Waals surface area contributed by atoms with Crippen LogP contribution in [0, 0.1) is 0 Å². The van der Waals surface area contributed by atoms with E-state index in [2.05, 4.69) is 25.6 Å². The summed E-state index contributed by atoms with van der Waals surface area (Å²) in [5, 5.41) is 0. The Morgan fingerprint density at radius 3 is 3.07 bits per heavy atom. The highest BCUT2D eigenvalue weighted by atomic mass is 17.2. The van der Waals surface area contributed by atoms with E-state index < -0.39 is 5.91 Å². The number of nitrogens with one attached hydrogen (secondary N) is 2. The first-order chi connectivity index (χ1) is 7.36. The summed E-state index contributed by atoms with van der Waals surface area (Å²) in [7, 11) is 0. The van der Waals surface area contributed by atoms with Crippen LogP contribution in [0.3, 0.4) is 0 Å². The average molecular weight is 207 g/mol. The molecule has 0 aromatic carbocycles. The number of anilines is 1. The lowest BCUT2D eigenvalue weighted by Crippen LogP contribution is -2.31. The molecule has 1 amide bonds. The van der Waals surface area contributed by atoms with Crippen LogP contribution in [0.1, 0.15) is 0 Å². The summed E-state index contributed by atoms with van der Waals surface area (Å²) in [5.74, 6) is 0.280. The maximum atomic E-state index is 11.3. The second kappa shape index (κ2) is 4.43. The molecule has 0 aliphatic carbocycles. The van der Waals surface area contributed by atoms with Crippen LogP contribution in [0.4, 0.5) is 5.82 Å². The minimum Gasteiger partial charge on any atom is -0.331 e. The third-order valence-corrected chi connectivity index (χ3v) is 1.68. The molecule has 1 aliphatic heterocycles. The van der Waals surface area contributed by atoms with E-state index >= 15 is 0 Å². The van der Waals surface area contributed by atoms with Crippen molar-refractivity contribution in [3.8, 4) is 0 Å². The number of carbonyl (C=O) groups is 1. The van der Waals surface area contributed by atoms with Gasteiger partial charge in [-0.05, 0) is 18.2 Å². The molecule has 0 bridgehead atoms. The standard InChI is InChI=1S/C9H9N3O3/c13-9(7-4-6-14-15-7)12-11-8-3-1-2-5-10-8/h1-5H,6H2,(H,10,11)(H,12,13). The molecule has 1 aliphatic rings. The van der Waals surface area contributed by atoms with Gasteiger partial charge in [-0.1, -0.05) is 6.07 Å². The van der Waals surface area contributed by atoms with Gasteiger partial charge in [0.05, 0.1) is 0 Å². The van der Waals surface area contributed by atoms with Gasteiger partial charge < -0.3 is 4.89 Å². The molecular formula is C9H9N3O3. The van der Waals surface area contributed by atoms with Gasteiger partial charge in [0.15, 0.2) is 0 Å². The highest BCUT2D eigenvalue weighted by Crippen LogP contribution is 2.06. The van der Waals surface area contributed by atoms with E-state index in [9.17, 15) is 4.79 Å². The first-order valence-corrected chi connectivity index (χ1v) is 4.33. The second-order valence-corrected chi connectivity index (χ2v) is 2.73. The molecular weight excluding hydrogens is 198 g/mol. The fourth-order valence-corrected chi connectivity index (χ4v) is 0.991. The van der Waals surface area contributed by atoms with Crippen molar-refractivity contribution < 1.29 is 14.6 Å². The Morgan fingerprint density at radius 1 is 1.47 bits per heavy atom. The van der Waals surface area contributed by atoms with Crippen LogP contribution in [0.25, 0.3) is 0 Å². The lowest BCUT2D eigenvalue weighted by molar-refractivity contribution is -0.233. The molecule has 0 saturated heterocycles. The number of hydrazine groups is 1. The van der Waals surface area contributed by atoms with Crippen molar-refractivity contribution in [2.24, 2.45) is 0 Å². The minimum atomic E-state index is -0.404. The Kier molecular flexibility index (Phi) is 2.80. The fourth-order valence-electron chi connectivity index (χ4n) is 0.991. The molecule has 0 saturated carbocycles. The Bertz CT molecular complexity index is 377. The van der Waals surface area contributed by atoms with Gasteiger partial charge in [-0.3, -0.25) is 15.6 Å². The second-order valence-electron chi connectivity index (χ2n) is 2.73. The highest BCUT2D eigenvalue weighted by molar-refractivity contribution is 5.92. The first kappa shape index (κ1) is 9.47. The zero-order valence-corrected chi connectivity index (χ0v) is 7.77. The summed E-state index contributed by atoms with van der Waals surface area (Å²) in [6.45, 7) is 0.284. The van der Waals surface area contributed by atoms with Crippen molar-refractivity contribution in [1.29, 1.82) is 0 Å². The Labute approximate surface area is 85.8 Å². The lowest BCUT2D eigenvalue weighted by Gasteiger charge is -2.06. The zero-order valence-electron chi connectivity index (χ0n) is 7.77. The van der Waals surface area contributed by atoms with Crippen molar-refractivity contribution in [1.82, 2.24) is 10.4 Å². The minimum absolute atomic E-state index is 0.137. The SMILES string of the molecule is O=C(NNc1ccccn1)C1=CCOO1. The summed E-state index contributed by atoms with van der Waals surface area (Å²) < 4.78 is 0. The third-order valence-electron chi connectivity index (χ3n) is 1.68. The van der Waals surface area contributed by atoms with Crippen molar-refractivity contribution in [2.75, 3.05) is 12.0 Å². The lowest BCUT2D eigenvalue weighted by atomic mass is 10.4. The molecule has 78 valence electrons. The van der Waals surface area contributed by atoms with Crippen LogP contribution in [0.15, 0.2) is 36.2 Å². The molecule has 6 nitrogen and oxygen atoms in total. The van der Waals surface area contributed by atoms with Gasteiger partial charge in [-0.2, -0.15) is 4.89 Å². The molecule has 15 heavy (non-hydrogen) atoms. The zero-order chi connectivity index (χ0) is 10.5. The number of nitrogens with zero attached hydrogens (tertiary/aromatic N) is 1. The van der Waals surface area contributed by atoms with Gasteiger partial charge in [0.2, 0.25) is 5.76 Å². The highest BCUT2D eigenvalue weighted by Gasteiger charge is 2.16. The Balaban J connectivity index is 1.86. The quantitative estimate of drug-likeness (QED) is 0.553. The molecule has 0 fully saturated rings. The maximum absolute atomic E-state index is 11.3. The maximum Gasteiger partial charge on any atom is 0.308 e. The first-order valence-electron chi connectivity index (χ1n) is 4.33. The van der Waals surface area contributed by atoms with Crippen molar-refractivity contribution in [2.45, 2.75) is 0 Å². The summed E-state index contributed by atoms with van der Waals surface area (Å²) in [6, 6.07) is 5.31. The van der Waals surface area contributed by atoms with E-state index in [1.807, 2.05) is 0 Å². The van der Waals surface area contributed by atoms with Crippen LogP contribution in [0.5, 0.6) is 0 Å². The molecule has 1 aromatic heterocycles. The monoisotopic (exact) mass is 207 g/mol. The van der Waals surface area contributed by atoms with E-state index in [1.165, 1.54) is 6.08 Å². The Morgan fingerprint density at radius 2 is 2.40 bits per heavy atom. The third kappa shape index (κ3) is 2.44. The fraction of sp³-hybridized carbons (Fsp3) is 0.111. The molecule has 2 N–H and O–H groups in total. The van der Waals surface area contributed by atoms with E-state index in [4.69, 9.17) is 0 Å². The predicted octanol–water partition coefficient (Wildman–Crippen LogP) is 0.370. The van der Waals surface area contributed by atoms with Crippen LogP contribution in [-0.4, -0.2) is 17.5 Å². The molecule has 1 aromatic rings. The van der Waals surface area contributed by atoms with Crippen molar-refractivity contribution in [3.05, 3.63) is 36.2 Å². The summed E-state index contributed by atoms with van der Waals surface area (Å²) >= 11 is 0. The molecule has 0 spiro atoms. The van der Waals surface area contributed by atoms with Gasteiger partial charge in [0.25, 0.3) is 0 Å². The normalized spacial score (nSPS) is 14.0. The largest absolute Gasteiger partial charge is 0.331 e. The topological polar surface area (TPSA) is 72.5 Å². The smallest absolute Gasteiger partial charge is 0.308 e. The number of rotatable bonds is 3. The molecule has 2 heterocycles. The van der Waals surface area contributed by atoms with Crippen LogP contribution in [-0.2, 0) is 14.6 Å². The molecule has 0 atom stereocenters.